The van der Waals surface area contributed by atoms with E-state index in [2.05, 4.69) is 4.90 Å². The highest BCUT2D eigenvalue weighted by molar-refractivity contribution is 6.34. The second-order valence-electron chi connectivity index (χ2n) is 9.85. The van der Waals surface area contributed by atoms with Crippen LogP contribution in [0.1, 0.15) is 56.2 Å². The van der Waals surface area contributed by atoms with E-state index in [4.69, 9.17) is 14.2 Å². The molecule has 0 unspecified atom stereocenters. The molecule has 2 amide bonds. The molecule has 6 rings (SSSR count). The Balaban J connectivity index is 1.27. The second kappa shape index (κ2) is 10.8. The van der Waals surface area contributed by atoms with Gasteiger partial charge in [0.1, 0.15) is 0 Å². The lowest BCUT2D eigenvalue weighted by atomic mass is 9.99. The van der Waals surface area contributed by atoms with Crippen molar-refractivity contribution in [2.24, 2.45) is 0 Å². The van der Waals surface area contributed by atoms with Crippen molar-refractivity contribution in [3.05, 3.63) is 101 Å². The van der Waals surface area contributed by atoms with E-state index < -0.39 is 6.29 Å². The summed E-state index contributed by atoms with van der Waals surface area (Å²) in [4.78, 5) is 29.7. The number of rotatable bonds is 6. The fraction of sp³-hybridized carbons (Fsp3) is 0.333. The molecule has 0 radical (unpaired) electrons. The van der Waals surface area contributed by atoms with E-state index in [9.17, 15) is 14.7 Å². The summed E-state index contributed by atoms with van der Waals surface area (Å²) in [5.74, 6) is -0.666. The first-order valence-corrected chi connectivity index (χ1v) is 13.0. The van der Waals surface area contributed by atoms with E-state index in [0.717, 1.165) is 36.3 Å². The largest absolute Gasteiger partial charge is 0.392 e. The molecular weight excluding hydrogens is 484 g/mol. The number of aliphatic hydroxyl groups is 1. The highest BCUT2D eigenvalue weighted by Crippen LogP contribution is 2.39. The van der Waals surface area contributed by atoms with Gasteiger partial charge in [0.05, 0.1) is 48.8 Å². The van der Waals surface area contributed by atoms with Gasteiger partial charge in [-0.1, -0.05) is 48.5 Å². The van der Waals surface area contributed by atoms with Crippen LogP contribution < -0.4 is 4.90 Å². The van der Waals surface area contributed by atoms with Gasteiger partial charge in [0, 0.05) is 31.6 Å². The van der Waals surface area contributed by atoms with Crippen molar-refractivity contribution in [2.75, 3.05) is 37.7 Å². The minimum atomic E-state index is -0.674. The van der Waals surface area contributed by atoms with Gasteiger partial charge in [0.2, 0.25) is 0 Å². The van der Waals surface area contributed by atoms with E-state index >= 15 is 0 Å². The number of anilines is 1. The van der Waals surface area contributed by atoms with Crippen molar-refractivity contribution in [2.45, 2.75) is 31.5 Å². The molecule has 0 spiro atoms. The SMILES string of the molecule is O=C1c2ccccc2C(=O)N1c1cccc([C@@H]2O[C@H](CN3CCOCC3)C[C@H](c3ccc(CO)cc3)O2)c1. The van der Waals surface area contributed by atoms with Gasteiger partial charge in [-0.3, -0.25) is 14.5 Å². The van der Waals surface area contributed by atoms with E-state index in [0.29, 0.717) is 36.4 Å². The maximum Gasteiger partial charge on any atom is 0.266 e. The molecule has 2 saturated heterocycles. The zero-order valence-corrected chi connectivity index (χ0v) is 21.0. The Hall–Kier alpha value is -3.40. The van der Waals surface area contributed by atoms with Crippen molar-refractivity contribution < 1.29 is 28.9 Å². The Morgan fingerprint density at radius 2 is 1.53 bits per heavy atom. The van der Waals surface area contributed by atoms with Gasteiger partial charge in [-0.25, -0.2) is 4.90 Å². The highest BCUT2D eigenvalue weighted by Gasteiger charge is 2.38. The average molecular weight is 515 g/mol. The summed E-state index contributed by atoms with van der Waals surface area (Å²) in [5.41, 5.74) is 3.90. The number of fused-ring (bicyclic) bond motifs is 1. The third kappa shape index (κ3) is 4.89. The number of nitrogens with zero attached hydrogens (tertiary/aromatic N) is 2. The number of hydrogen-bond acceptors (Lipinski definition) is 7. The van der Waals surface area contributed by atoms with Crippen molar-refractivity contribution in [1.29, 1.82) is 0 Å². The lowest BCUT2D eigenvalue weighted by Gasteiger charge is -2.39. The van der Waals surface area contributed by atoms with Gasteiger partial charge >= 0.3 is 0 Å². The van der Waals surface area contributed by atoms with Crippen LogP contribution in [0.2, 0.25) is 0 Å². The van der Waals surface area contributed by atoms with Gasteiger partial charge in [-0.05, 0) is 35.4 Å². The summed E-state index contributed by atoms with van der Waals surface area (Å²) < 4.78 is 18.4. The van der Waals surface area contributed by atoms with Gasteiger partial charge in [0.25, 0.3) is 11.8 Å². The molecule has 196 valence electrons. The summed E-state index contributed by atoms with van der Waals surface area (Å²) in [6.07, 6.45) is -0.287. The fourth-order valence-corrected chi connectivity index (χ4v) is 5.34. The highest BCUT2D eigenvalue weighted by atomic mass is 16.7. The van der Waals surface area contributed by atoms with E-state index in [-0.39, 0.29) is 30.6 Å². The Morgan fingerprint density at radius 3 is 2.21 bits per heavy atom. The Kier molecular flexibility index (Phi) is 7.06. The fourth-order valence-electron chi connectivity index (χ4n) is 5.34. The number of amides is 2. The number of hydrogen-bond donors (Lipinski definition) is 1. The van der Waals surface area contributed by atoms with Gasteiger partial charge in [0.15, 0.2) is 6.29 Å². The van der Waals surface area contributed by atoms with Crippen LogP contribution in [0.4, 0.5) is 5.69 Å². The molecule has 1 N–H and O–H groups in total. The number of benzene rings is 3. The first kappa shape index (κ1) is 24.9. The van der Waals surface area contributed by atoms with E-state index in [1.165, 1.54) is 4.90 Å². The maximum atomic E-state index is 13.1. The molecule has 8 nitrogen and oxygen atoms in total. The summed E-state index contributed by atoms with van der Waals surface area (Å²) in [7, 11) is 0. The number of aliphatic hydroxyl groups excluding tert-OH is 1. The maximum absolute atomic E-state index is 13.1. The lowest BCUT2D eigenvalue weighted by Crippen LogP contribution is -2.44. The lowest BCUT2D eigenvalue weighted by molar-refractivity contribution is -0.253. The summed E-state index contributed by atoms with van der Waals surface area (Å²) in [6, 6.07) is 21.9. The van der Waals surface area contributed by atoms with Crippen LogP contribution in [0.5, 0.6) is 0 Å². The Labute approximate surface area is 221 Å². The minimum absolute atomic E-state index is 0.0121. The van der Waals surface area contributed by atoms with Crippen LogP contribution in [0, 0.1) is 0 Å². The quantitative estimate of drug-likeness (QED) is 0.500. The molecule has 0 aliphatic carbocycles. The molecule has 8 heteroatoms. The molecule has 2 fully saturated rings. The van der Waals surface area contributed by atoms with Gasteiger partial charge in [-0.15, -0.1) is 0 Å². The predicted octanol–water partition coefficient (Wildman–Crippen LogP) is 3.86. The third-order valence-electron chi connectivity index (χ3n) is 7.38. The molecule has 3 aromatic rings. The van der Waals surface area contributed by atoms with Crippen LogP contribution in [-0.4, -0.2) is 60.8 Å². The molecule has 3 heterocycles. The number of ether oxygens (including phenoxy) is 3. The first-order valence-electron chi connectivity index (χ1n) is 13.0. The van der Waals surface area contributed by atoms with Crippen molar-refractivity contribution in [3.8, 4) is 0 Å². The standard InChI is InChI=1S/C30H30N2O6/c33-19-20-8-10-21(11-9-20)27-17-24(18-31-12-14-36-15-13-31)37-30(38-27)22-4-3-5-23(16-22)32-28(34)25-6-1-2-7-26(25)29(32)35/h1-11,16,24,27,30,33H,12-15,17-19H2/t24-,27+,30+/m0/s1. The second-order valence-corrected chi connectivity index (χ2v) is 9.85. The Bertz CT molecular complexity index is 1290. The zero-order valence-electron chi connectivity index (χ0n) is 21.0. The minimum Gasteiger partial charge on any atom is -0.392 e. The molecule has 0 bridgehead atoms. The van der Waals surface area contributed by atoms with Gasteiger partial charge < -0.3 is 19.3 Å². The average Bonchev–Trinajstić information content (AvgIpc) is 3.23. The summed E-state index contributed by atoms with van der Waals surface area (Å²) in [6.45, 7) is 3.88. The van der Waals surface area contributed by atoms with E-state index in [1.807, 2.05) is 36.4 Å². The molecule has 3 atom stereocenters. The number of morpholine rings is 1. The summed E-state index contributed by atoms with van der Waals surface area (Å²) >= 11 is 0. The molecule has 0 saturated carbocycles. The van der Waals surface area contributed by atoms with E-state index in [1.54, 1.807) is 36.4 Å². The van der Waals surface area contributed by atoms with Crippen LogP contribution in [0.15, 0.2) is 72.8 Å². The topological polar surface area (TPSA) is 88.5 Å². The van der Waals surface area contributed by atoms with Crippen LogP contribution in [-0.2, 0) is 20.8 Å². The smallest absolute Gasteiger partial charge is 0.266 e. The Morgan fingerprint density at radius 1 is 0.816 bits per heavy atom. The normalized spacial score (nSPS) is 24.0. The number of imide groups is 1. The van der Waals surface area contributed by atoms with Crippen LogP contribution in [0.3, 0.4) is 0 Å². The molecule has 3 aliphatic rings. The monoisotopic (exact) mass is 514 g/mol. The number of carbonyl (C=O) groups is 2. The van der Waals surface area contributed by atoms with Crippen molar-refractivity contribution in [3.63, 3.8) is 0 Å². The molecule has 38 heavy (non-hydrogen) atoms. The van der Waals surface area contributed by atoms with Crippen molar-refractivity contribution >= 4 is 17.5 Å². The molecule has 3 aliphatic heterocycles. The third-order valence-corrected chi connectivity index (χ3v) is 7.38. The molecular formula is C30H30N2O6. The first-order chi connectivity index (χ1) is 18.6. The summed E-state index contributed by atoms with van der Waals surface area (Å²) in [5, 5.41) is 9.45. The molecule has 3 aromatic carbocycles. The van der Waals surface area contributed by atoms with Gasteiger partial charge in [-0.2, -0.15) is 0 Å². The predicted molar refractivity (Wildman–Crippen MR) is 140 cm³/mol. The molecule has 0 aromatic heterocycles. The van der Waals surface area contributed by atoms with Crippen LogP contribution >= 0.6 is 0 Å². The van der Waals surface area contributed by atoms with Crippen LogP contribution in [0.25, 0.3) is 0 Å². The number of carbonyl (C=O) groups excluding carboxylic acids is 2. The zero-order chi connectivity index (χ0) is 26.1. The van der Waals surface area contributed by atoms with Crippen molar-refractivity contribution in [1.82, 2.24) is 4.90 Å².